The molecule has 0 saturated carbocycles. The van der Waals surface area contributed by atoms with Crippen LogP contribution in [0.15, 0.2) is 10.2 Å². The van der Waals surface area contributed by atoms with Crippen molar-refractivity contribution in [1.29, 1.82) is 0 Å². The van der Waals surface area contributed by atoms with E-state index in [4.69, 9.17) is 10.3 Å². The molecule has 0 aliphatic heterocycles. The fourth-order valence-corrected chi connectivity index (χ4v) is 2.59. The van der Waals surface area contributed by atoms with Crippen molar-refractivity contribution >= 4 is 22.6 Å². The van der Waals surface area contributed by atoms with E-state index < -0.39 is 17.8 Å². The summed E-state index contributed by atoms with van der Waals surface area (Å²) in [6.07, 6.45) is -4.75. The number of rotatable bonds is 1. The maximum atomic E-state index is 13.4. The minimum Gasteiger partial charge on any atom is -0.401 e. The summed E-state index contributed by atoms with van der Waals surface area (Å²) < 4.78 is 45.2. The number of hydrogen-bond donors (Lipinski definition) is 2. The van der Waals surface area contributed by atoms with Crippen molar-refractivity contribution in [1.82, 2.24) is 15.5 Å². The zero-order chi connectivity index (χ0) is 16.2. The maximum Gasteiger partial charge on any atom is 0.434 e. The Morgan fingerprint density at radius 2 is 2.09 bits per heavy atom. The Balaban J connectivity index is 2.42. The first kappa shape index (κ1) is 14.4. The summed E-state index contributed by atoms with van der Waals surface area (Å²) in [5.74, 6) is -0.695. The number of alkyl halides is 3. The van der Waals surface area contributed by atoms with Crippen molar-refractivity contribution in [3.63, 3.8) is 0 Å². The molecule has 0 saturated heterocycles. The average Bonchev–Trinajstić information content (AvgIpc) is 2.96. The fourth-order valence-electron chi connectivity index (χ4n) is 2.59. The van der Waals surface area contributed by atoms with E-state index in [0.29, 0.717) is 0 Å². The predicted octanol–water partition coefficient (Wildman–Crippen LogP) is 1.52. The number of pyridine rings is 1. The molecule has 1 amide bonds. The topological polar surface area (TPSA) is 94.0 Å². The molecular weight excluding hydrogens is 301 g/mol. The molecule has 1 aliphatic rings. The lowest BCUT2D eigenvalue weighted by Crippen LogP contribution is -2.23. The summed E-state index contributed by atoms with van der Waals surface area (Å²) in [7, 11) is 1.32. The summed E-state index contributed by atoms with van der Waals surface area (Å²) in [5, 5.41) is 5.94. The average molecular weight is 312 g/mol. The van der Waals surface area contributed by atoms with Gasteiger partial charge in [-0.15, -0.1) is 0 Å². The van der Waals surface area contributed by atoms with Gasteiger partial charge >= 0.3 is 6.18 Å². The third-order valence-electron chi connectivity index (χ3n) is 3.53. The summed E-state index contributed by atoms with van der Waals surface area (Å²) in [5.41, 5.74) is 4.72. The van der Waals surface area contributed by atoms with Crippen LogP contribution >= 0.6 is 0 Å². The molecule has 2 aromatic heterocycles. The molecule has 0 atom stereocenters. The van der Waals surface area contributed by atoms with Gasteiger partial charge in [0.1, 0.15) is 11.2 Å². The number of hydrogen-bond acceptors (Lipinski definition) is 5. The van der Waals surface area contributed by atoms with Gasteiger partial charge in [-0.3, -0.25) is 4.79 Å². The molecule has 0 unspecified atom stereocenters. The molecule has 3 N–H and O–H groups in total. The van der Waals surface area contributed by atoms with Crippen LogP contribution in [0, 0.1) is 6.92 Å². The number of allylic oxidation sites excluding steroid dienone is 1. The highest BCUT2D eigenvalue weighted by atomic mass is 19.4. The number of halogens is 3. The predicted molar refractivity (Wildman–Crippen MR) is 70.4 cm³/mol. The van der Waals surface area contributed by atoms with Crippen LogP contribution in [0.25, 0.3) is 16.7 Å². The molecule has 2 heterocycles. The molecule has 0 fully saturated rings. The highest BCUT2D eigenvalue weighted by Gasteiger charge is 2.43. The van der Waals surface area contributed by atoms with Crippen LogP contribution in [0.4, 0.5) is 13.2 Å². The monoisotopic (exact) mass is 312 g/mol. The number of carbonyl (C=O) groups excluding carboxylic acids is 1. The maximum absolute atomic E-state index is 13.4. The van der Waals surface area contributed by atoms with Gasteiger partial charge in [0.2, 0.25) is 0 Å². The van der Waals surface area contributed by atoms with E-state index in [1.807, 2.05) is 0 Å². The van der Waals surface area contributed by atoms with Crippen molar-refractivity contribution < 1.29 is 22.5 Å². The van der Waals surface area contributed by atoms with E-state index in [1.165, 1.54) is 14.0 Å². The second kappa shape index (κ2) is 4.46. The molecule has 22 heavy (non-hydrogen) atoms. The lowest BCUT2D eigenvalue weighted by molar-refractivity contribution is -0.141. The Morgan fingerprint density at radius 1 is 1.41 bits per heavy atom. The van der Waals surface area contributed by atoms with Gasteiger partial charge in [0, 0.05) is 30.3 Å². The van der Waals surface area contributed by atoms with E-state index >= 15 is 0 Å². The molecule has 0 bridgehead atoms. The molecule has 3 rings (SSSR count). The van der Waals surface area contributed by atoms with E-state index in [9.17, 15) is 18.0 Å². The molecule has 0 radical (unpaired) electrons. The number of amides is 1. The van der Waals surface area contributed by atoms with Crippen LogP contribution in [0.5, 0.6) is 0 Å². The van der Waals surface area contributed by atoms with Crippen molar-refractivity contribution in [3.8, 4) is 0 Å². The van der Waals surface area contributed by atoms with Gasteiger partial charge in [-0.05, 0) is 6.92 Å². The number of aryl methyl sites for hydroxylation is 1. The van der Waals surface area contributed by atoms with Gasteiger partial charge < -0.3 is 15.6 Å². The van der Waals surface area contributed by atoms with Gasteiger partial charge in [0.25, 0.3) is 5.91 Å². The molecule has 2 aromatic rings. The molecule has 1 aliphatic carbocycles. The Bertz CT molecular complexity index is 836. The molecule has 0 aromatic carbocycles. The fraction of sp³-hybridized carbons (Fsp3) is 0.308. The van der Waals surface area contributed by atoms with Crippen LogP contribution in [-0.4, -0.2) is 23.1 Å². The van der Waals surface area contributed by atoms with Gasteiger partial charge in [-0.1, -0.05) is 5.16 Å². The Labute approximate surface area is 122 Å². The smallest absolute Gasteiger partial charge is 0.401 e. The van der Waals surface area contributed by atoms with E-state index in [2.05, 4.69) is 15.5 Å². The number of carbonyl (C=O) groups is 1. The number of nitrogens with two attached hydrogens (primary N) is 1. The van der Waals surface area contributed by atoms with E-state index in [1.54, 1.807) is 0 Å². The van der Waals surface area contributed by atoms with Crippen molar-refractivity contribution in [2.24, 2.45) is 5.73 Å². The first-order valence-corrected chi connectivity index (χ1v) is 6.32. The van der Waals surface area contributed by atoms with Crippen LogP contribution in [0.1, 0.15) is 22.5 Å². The highest BCUT2D eigenvalue weighted by molar-refractivity contribution is 6.23. The van der Waals surface area contributed by atoms with Crippen LogP contribution in [-0.2, 0) is 17.4 Å². The van der Waals surface area contributed by atoms with Crippen molar-refractivity contribution in [2.45, 2.75) is 19.5 Å². The molecular formula is C13H11F3N4O2. The third-order valence-corrected chi connectivity index (χ3v) is 3.53. The van der Waals surface area contributed by atoms with Gasteiger partial charge in [0.05, 0.1) is 5.57 Å². The zero-order valence-electron chi connectivity index (χ0n) is 11.6. The lowest BCUT2D eigenvalue weighted by atomic mass is 10.0. The number of likely N-dealkylation sites (N-methyl/N-ethyl adjacent to an activating group) is 1. The summed E-state index contributed by atoms with van der Waals surface area (Å²) >= 11 is 0. The SMILES string of the molecule is CNC(=O)C1=C(N)Cc2c1c(C(F)(F)F)nc1c(C)noc21. The second-order valence-electron chi connectivity index (χ2n) is 4.91. The van der Waals surface area contributed by atoms with E-state index in [0.717, 1.165) is 0 Å². The van der Waals surface area contributed by atoms with Gasteiger partial charge in [-0.2, -0.15) is 13.2 Å². The first-order chi connectivity index (χ1) is 10.3. The largest absolute Gasteiger partial charge is 0.434 e. The standard InChI is InChI=1S/C13H11F3N4O2/c1-4-9-10(22-20-4)5-3-6(17)8(12(21)18-2)7(5)11(19-9)13(14,15)16/h3,17H2,1-2H3,(H,18,21). The number of nitrogens with one attached hydrogen (secondary N) is 1. The van der Waals surface area contributed by atoms with Gasteiger partial charge in [0.15, 0.2) is 11.3 Å². The summed E-state index contributed by atoms with van der Waals surface area (Å²) in [6, 6.07) is 0. The number of nitrogens with zero attached hydrogens (tertiary/aromatic N) is 2. The lowest BCUT2D eigenvalue weighted by Gasteiger charge is -2.13. The second-order valence-corrected chi connectivity index (χ2v) is 4.91. The zero-order valence-corrected chi connectivity index (χ0v) is 11.6. The van der Waals surface area contributed by atoms with E-state index in [-0.39, 0.29) is 45.6 Å². The number of aromatic nitrogens is 2. The van der Waals surface area contributed by atoms with Crippen molar-refractivity contribution in [3.05, 3.63) is 28.2 Å². The normalized spacial score (nSPS) is 14.6. The Morgan fingerprint density at radius 3 is 2.68 bits per heavy atom. The number of fused-ring (bicyclic) bond motifs is 3. The summed E-state index contributed by atoms with van der Waals surface area (Å²) in [4.78, 5) is 15.5. The Hall–Kier alpha value is -2.58. The molecule has 9 heteroatoms. The third kappa shape index (κ3) is 1.85. The van der Waals surface area contributed by atoms with Gasteiger partial charge in [-0.25, -0.2) is 4.98 Å². The minimum atomic E-state index is -4.73. The van der Waals surface area contributed by atoms with Crippen LogP contribution < -0.4 is 11.1 Å². The highest BCUT2D eigenvalue weighted by Crippen LogP contribution is 2.43. The minimum absolute atomic E-state index is 0.0190. The Kier molecular flexibility index (Phi) is 2.91. The van der Waals surface area contributed by atoms with Crippen LogP contribution in [0.2, 0.25) is 0 Å². The van der Waals surface area contributed by atoms with Crippen LogP contribution in [0.3, 0.4) is 0 Å². The van der Waals surface area contributed by atoms with Crippen molar-refractivity contribution in [2.75, 3.05) is 7.05 Å². The summed E-state index contributed by atoms with van der Waals surface area (Å²) in [6.45, 7) is 1.50. The molecule has 116 valence electrons. The molecule has 0 spiro atoms. The first-order valence-electron chi connectivity index (χ1n) is 6.32. The molecule has 6 nitrogen and oxygen atoms in total. The quantitative estimate of drug-likeness (QED) is 0.832.